The first-order valence-corrected chi connectivity index (χ1v) is 11.1. The lowest BCUT2D eigenvalue weighted by Crippen LogP contribution is -2.24. The van der Waals surface area contributed by atoms with Crippen molar-refractivity contribution in [1.29, 1.82) is 0 Å². The number of methoxy groups -OCH3 is 1. The maximum atomic E-state index is 12.4. The highest BCUT2D eigenvalue weighted by Gasteiger charge is 2.13. The minimum absolute atomic E-state index is 0.184. The second-order valence-electron chi connectivity index (χ2n) is 6.70. The Kier molecular flexibility index (Phi) is 7.08. The first-order chi connectivity index (χ1) is 14.5. The highest BCUT2D eigenvalue weighted by atomic mass is 32.2. The monoisotopic (exact) mass is 424 g/mol. The molecule has 0 unspecified atom stereocenters. The standard InChI is InChI=1S/C23H24N2O4S/c1-29-21-15-9-18(10-16-21)6-5-17-24-23(26)19-11-13-20(14-12-19)25-30(27,28)22-7-3-2-4-8-22/h2-4,7-16,25H,5-6,17H2,1H3,(H,24,26). The van der Waals surface area contributed by atoms with E-state index in [-0.39, 0.29) is 10.8 Å². The molecule has 30 heavy (non-hydrogen) atoms. The van der Waals surface area contributed by atoms with Crippen LogP contribution < -0.4 is 14.8 Å². The predicted octanol–water partition coefficient (Wildman–Crippen LogP) is 3.86. The summed E-state index contributed by atoms with van der Waals surface area (Å²) in [6, 6.07) is 22.3. The van der Waals surface area contributed by atoms with Crippen molar-refractivity contribution in [2.75, 3.05) is 18.4 Å². The number of aryl methyl sites for hydroxylation is 1. The van der Waals surface area contributed by atoms with Crippen LogP contribution in [-0.4, -0.2) is 28.0 Å². The molecule has 1 amide bonds. The van der Waals surface area contributed by atoms with Crippen LogP contribution in [0.25, 0.3) is 0 Å². The van der Waals surface area contributed by atoms with Gasteiger partial charge in [0.15, 0.2) is 0 Å². The van der Waals surface area contributed by atoms with Gasteiger partial charge < -0.3 is 10.1 Å². The average Bonchev–Trinajstić information content (AvgIpc) is 2.78. The van der Waals surface area contributed by atoms with Gasteiger partial charge in [0.25, 0.3) is 15.9 Å². The van der Waals surface area contributed by atoms with E-state index in [1.807, 2.05) is 24.3 Å². The van der Waals surface area contributed by atoms with Gasteiger partial charge in [0.1, 0.15) is 5.75 Å². The Labute approximate surface area is 177 Å². The molecule has 0 spiro atoms. The smallest absolute Gasteiger partial charge is 0.261 e. The number of anilines is 1. The second kappa shape index (κ2) is 9.93. The molecule has 6 nitrogen and oxygen atoms in total. The Morgan fingerprint density at radius 1 is 0.900 bits per heavy atom. The number of amides is 1. The van der Waals surface area contributed by atoms with Crippen molar-refractivity contribution in [3.05, 3.63) is 90.0 Å². The fraction of sp³-hybridized carbons (Fsp3) is 0.174. The predicted molar refractivity (Wildman–Crippen MR) is 117 cm³/mol. The maximum Gasteiger partial charge on any atom is 0.261 e. The first-order valence-electron chi connectivity index (χ1n) is 9.57. The van der Waals surface area contributed by atoms with Gasteiger partial charge in [-0.15, -0.1) is 0 Å². The van der Waals surface area contributed by atoms with Crippen molar-refractivity contribution in [2.45, 2.75) is 17.7 Å². The fourth-order valence-electron chi connectivity index (χ4n) is 2.89. The molecule has 3 aromatic rings. The summed E-state index contributed by atoms with van der Waals surface area (Å²) in [6.45, 7) is 0.549. The molecule has 0 fully saturated rings. The Balaban J connectivity index is 1.48. The quantitative estimate of drug-likeness (QED) is 0.511. The van der Waals surface area contributed by atoms with Crippen molar-refractivity contribution in [3.63, 3.8) is 0 Å². The summed E-state index contributed by atoms with van der Waals surface area (Å²) in [6.07, 6.45) is 1.66. The normalized spacial score (nSPS) is 11.0. The second-order valence-corrected chi connectivity index (χ2v) is 8.39. The van der Waals surface area contributed by atoms with Crippen LogP contribution >= 0.6 is 0 Å². The van der Waals surface area contributed by atoms with Crippen molar-refractivity contribution >= 4 is 21.6 Å². The summed E-state index contributed by atoms with van der Waals surface area (Å²) >= 11 is 0. The van der Waals surface area contributed by atoms with Gasteiger partial charge in [-0.1, -0.05) is 30.3 Å². The molecule has 3 aromatic carbocycles. The van der Waals surface area contributed by atoms with Crippen LogP contribution in [0, 0.1) is 0 Å². The van der Waals surface area contributed by atoms with Gasteiger partial charge in [0.2, 0.25) is 0 Å². The van der Waals surface area contributed by atoms with Gasteiger partial charge in [-0.05, 0) is 66.9 Å². The first kappa shape index (κ1) is 21.4. The molecule has 0 saturated heterocycles. The Morgan fingerprint density at radius 2 is 1.57 bits per heavy atom. The van der Waals surface area contributed by atoms with Gasteiger partial charge in [0.05, 0.1) is 12.0 Å². The average molecular weight is 425 g/mol. The zero-order valence-corrected chi connectivity index (χ0v) is 17.5. The third-order valence-electron chi connectivity index (χ3n) is 4.54. The molecule has 2 N–H and O–H groups in total. The Hall–Kier alpha value is -3.32. The molecule has 7 heteroatoms. The van der Waals surface area contributed by atoms with Crippen LogP contribution in [0.2, 0.25) is 0 Å². The molecular formula is C23H24N2O4S. The Morgan fingerprint density at radius 3 is 2.20 bits per heavy atom. The molecule has 0 aliphatic carbocycles. The number of carbonyl (C=O) groups is 1. The zero-order valence-electron chi connectivity index (χ0n) is 16.7. The summed E-state index contributed by atoms with van der Waals surface area (Å²) in [5.41, 5.74) is 2.05. The van der Waals surface area contributed by atoms with Crippen LogP contribution in [0.15, 0.2) is 83.8 Å². The number of hydrogen-bond acceptors (Lipinski definition) is 4. The molecular weight excluding hydrogens is 400 g/mol. The van der Waals surface area contributed by atoms with E-state index in [0.29, 0.717) is 17.8 Å². The number of rotatable bonds is 9. The Bertz CT molecular complexity index is 1060. The maximum absolute atomic E-state index is 12.4. The van der Waals surface area contributed by atoms with E-state index in [0.717, 1.165) is 18.6 Å². The topological polar surface area (TPSA) is 84.5 Å². The summed E-state index contributed by atoms with van der Waals surface area (Å²) in [5.74, 6) is 0.628. The van der Waals surface area contributed by atoms with Crippen LogP contribution in [-0.2, 0) is 16.4 Å². The van der Waals surface area contributed by atoms with E-state index >= 15 is 0 Å². The van der Waals surface area contributed by atoms with Crippen LogP contribution in [0.5, 0.6) is 5.75 Å². The van der Waals surface area contributed by atoms with Crippen molar-refractivity contribution in [1.82, 2.24) is 5.32 Å². The van der Waals surface area contributed by atoms with E-state index in [2.05, 4.69) is 10.0 Å². The van der Waals surface area contributed by atoms with Gasteiger partial charge >= 0.3 is 0 Å². The molecule has 0 aliphatic rings. The van der Waals surface area contributed by atoms with Gasteiger partial charge in [0, 0.05) is 17.8 Å². The highest BCUT2D eigenvalue weighted by Crippen LogP contribution is 2.16. The number of sulfonamides is 1. The minimum Gasteiger partial charge on any atom is -0.497 e. The lowest BCUT2D eigenvalue weighted by molar-refractivity contribution is 0.0953. The molecule has 0 bridgehead atoms. The molecule has 0 atom stereocenters. The van der Waals surface area contributed by atoms with Crippen molar-refractivity contribution < 1.29 is 17.9 Å². The van der Waals surface area contributed by atoms with Crippen LogP contribution in [0.4, 0.5) is 5.69 Å². The largest absolute Gasteiger partial charge is 0.497 e. The minimum atomic E-state index is -3.65. The lowest BCUT2D eigenvalue weighted by atomic mass is 10.1. The molecule has 156 valence electrons. The number of ether oxygens (including phenoxy) is 1. The third-order valence-corrected chi connectivity index (χ3v) is 5.94. The summed E-state index contributed by atoms with van der Waals surface area (Å²) in [7, 11) is -2.02. The van der Waals surface area contributed by atoms with Gasteiger partial charge in [-0.25, -0.2) is 8.42 Å². The van der Waals surface area contributed by atoms with Gasteiger partial charge in [-0.2, -0.15) is 0 Å². The highest BCUT2D eigenvalue weighted by molar-refractivity contribution is 7.92. The van der Waals surface area contributed by atoms with Crippen molar-refractivity contribution in [2.24, 2.45) is 0 Å². The molecule has 0 aromatic heterocycles. The van der Waals surface area contributed by atoms with E-state index in [9.17, 15) is 13.2 Å². The number of benzene rings is 3. The van der Waals surface area contributed by atoms with E-state index in [1.54, 1.807) is 49.6 Å². The van der Waals surface area contributed by atoms with E-state index < -0.39 is 10.0 Å². The molecule has 0 heterocycles. The van der Waals surface area contributed by atoms with Crippen molar-refractivity contribution in [3.8, 4) is 5.75 Å². The number of carbonyl (C=O) groups excluding carboxylic acids is 1. The fourth-order valence-corrected chi connectivity index (χ4v) is 3.97. The summed E-state index contributed by atoms with van der Waals surface area (Å²) < 4.78 is 32.3. The number of nitrogens with one attached hydrogen (secondary N) is 2. The molecule has 0 radical (unpaired) electrons. The summed E-state index contributed by atoms with van der Waals surface area (Å²) in [4.78, 5) is 12.5. The van der Waals surface area contributed by atoms with E-state index in [4.69, 9.17) is 4.74 Å². The molecule has 3 rings (SSSR count). The van der Waals surface area contributed by atoms with Crippen LogP contribution in [0.1, 0.15) is 22.3 Å². The molecule has 0 saturated carbocycles. The van der Waals surface area contributed by atoms with E-state index in [1.165, 1.54) is 17.7 Å². The summed E-state index contributed by atoms with van der Waals surface area (Å²) in [5, 5.41) is 2.88. The molecule has 0 aliphatic heterocycles. The third kappa shape index (κ3) is 5.84. The zero-order chi connectivity index (χ0) is 21.4. The van der Waals surface area contributed by atoms with Gasteiger partial charge in [-0.3, -0.25) is 9.52 Å². The lowest BCUT2D eigenvalue weighted by Gasteiger charge is -2.09. The number of hydrogen-bond donors (Lipinski definition) is 2. The van der Waals surface area contributed by atoms with Crippen LogP contribution in [0.3, 0.4) is 0 Å². The SMILES string of the molecule is COc1ccc(CCCNC(=O)c2ccc(NS(=O)(=O)c3ccccc3)cc2)cc1.